The zero-order valence-corrected chi connectivity index (χ0v) is 21.8. The molecule has 2 aromatic rings. The van der Waals surface area contributed by atoms with Crippen LogP contribution < -0.4 is 9.80 Å². The molecule has 2 aromatic carbocycles. The molecule has 0 N–H and O–H groups in total. The standard InChI is InChI=1S/C28H39N3OS/c1-27(2)25-9-6-7-10-26(25)30-18-21-32-28(27,30)16-15-23-11-13-24(14-12-23)29(3)17-8-19-31(4,5)20-22-33/h6-7,9-16H,8,17-22H2,1-5H3/p+1/b16-15+. The summed E-state index contributed by atoms with van der Waals surface area (Å²) in [5, 5.41) is 0. The van der Waals surface area contributed by atoms with Crippen LogP contribution in [-0.4, -0.2) is 69.9 Å². The van der Waals surface area contributed by atoms with Crippen LogP contribution in [-0.2, 0) is 10.2 Å². The highest BCUT2D eigenvalue weighted by Crippen LogP contribution is 2.54. The Morgan fingerprint density at radius 3 is 2.55 bits per heavy atom. The van der Waals surface area contributed by atoms with E-state index in [-0.39, 0.29) is 5.41 Å². The van der Waals surface area contributed by atoms with Crippen molar-refractivity contribution in [1.29, 1.82) is 0 Å². The van der Waals surface area contributed by atoms with Gasteiger partial charge in [0, 0.05) is 49.1 Å². The van der Waals surface area contributed by atoms with Crippen molar-refractivity contribution in [1.82, 2.24) is 0 Å². The van der Waals surface area contributed by atoms with E-state index >= 15 is 0 Å². The fraction of sp³-hybridized carbons (Fsp3) is 0.500. The number of fused-ring (bicyclic) bond motifs is 3. The van der Waals surface area contributed by atoms with Gasteiger partial charge in [-0.3, -0.25) is 0 Å². The fourth-order valence-corrected chi connectivity index (χ4v) is 5.97. The second-order valence-corrected chi connectivity index (χ2v) is 11.1. The molecule has 4 rings (SSSR count). The van der Waals surface area contributed by atoms with E-state index in [4.69, 9.17) is 4.74 Å². The van der Waals surface area contributed by atoms with Gasteiger partial charge in [-0.25, -0.2) is 0 Å². The number of rotatable bonds is 9. The van der Waals surface area contributed by atoms with Crippen LogP contribution in [0.4, 0.5) is 11.4 Å². The molecule has 0 amide bonds. The summed E-state index contributed by atoms with van der Waals surface area (Å²) in [4.78, 5) is 4.79. The number of nitrogens with zero attached hydrogens (tertiary/aromatic N) is 3. The molecule has 0 aromatic heterocycles. The van der Waals surface area contributed by atoms with E-state index in [0.29, 0.717) is 0 Å². The normalized spacial score (nSPS) is 21.5. The third-order valence-electron chi connectivity index (χ3n) is 7.60. The first-order valence-corrected chi connectivity index (χ1v) is 12.8. The molecule has 0 saturated carbocycles. The lowest BCUT2D eigenvalue weighted by molar-refractivity contribution is -0.887. The van der Waals surface area contributed by atoms with Gasteiger partial charge >= 0.3 is 0 Å². The lowest BCUT2D eigenvalue weighted by Crippen LogP contribution is -2.51. The molecule has 0 spiro atoms. The summed E-state index contributed by atoms with van der Waals surface area (Å²) >= 11 is 4.39. The molecular weight excluding hydrogens is 426 g/mol. The largest absolute Gasteiger partial charge is 0.374 e. The molecule has 0 radical (unpaired) electrons. The SMILES string of the molecule is CN(CCC[N+](C)(C)CCS)c1ccc(/C=C/C23OCCN2c2ccccc2C3(C)C)cc1. The van der Waals surface area contributed by atoms with Gasteiger partial charge in [0.05, 0.1) is 33.8 Å². The summed E-state index contributed by atoms with van der Waals surface area (Å²) in [5.74, 6) is 0.936. The molecule has 2 aliphatic heterocycles. The summed E-state index contributed by atoms with van der Waals surface area (Å²) in [5.41, 5.74) is 4.59. The number of thiol groups is 1. The third kappa shape index (κ3) is 4.55. The van der Waals surface area contributed by atoms with Gasteiger partial charge in [-0.05, 0) is 35.4 Å². The van der Waals surface area contributed by atoms with E-state index in [1.165, 1.54) is 35.5 Å². The average molecular weight is 467 g/mol. The summed E-state index contributed by atoms with van der Waals surface area (Å²) in [6.07, 6.45) is 5.68. The summed E-state index contributed by atoms with van der Waals surface area (Å²) in [6, 6.07) is 17.6. The Hall–Kier alpha value is -1.95. The van der Waals surface area contributed by atoms with Gasteiger partial charge < -0.3 is 19.0 Å². The average Bonchev–Trinajstić information content (AvgIpc) is 3.30. The summed E-state index contributed by atoms with van der Waals surface area (Å²) in [7, 11) is 6.76. The van der Waals surface area contributed by atoms with E-state index in [1.807, 2.05) is 0 Å². The Kier molecular flexibility index (Phi) is 6.86. The van der Waals surface area contributed by atoms with Crippen LogP contribution in [0.15, 0.2) is 54.6 Å². The van der Waals surface area contributed by atoms with E-state index in [0.717, 1.165) is 36.5 Å². The molecule has 178 valence electrons. The van der Waals surface area contributed by atoms with Gasteiger partial charge in [-0.2, -0.15) is 12.6 Å². The Labute approximate surface area is 205 Å². The predicted octanol–water partition coefficient (Wildman–Crippen LogP) is 5.06. The van der Waals surface area contributed by atoms with Crippen LogP contribution in [0.25, 0.3) is 6.08 Å². The minimum absolute atomic E-state index is 0.115. The molecule has 1 saturated heterocycles. The topological polar surface area (TPSA) is 15.7 Å². The second-order valence-electron chi connectivity index (χ2n) is 10.6. The van der Waals surface area contributed by atoms with Crippen LogP contribution in [0.3, 0.4) is 0 Å². The molecule has 2 heterocycles. The van der Waals surface area contributed by atoms with E-state index in [9.17, 15) is 0 Å². The number of anilines is 2. The smallest absolute Gasteiger partial charge is 0.170 e. The van der Waals surface area contributed by atoms with Crippen molar-refractivity contribution in [2.45, 2.75) is 31.4 Å². The molecule has 4 nitrogen and oxygen atoms in total. The minimum Gasteiger partial charge on any atom is -0.374 e. The lowest BCUT2D eigenvalue weighted by atomic mass is 9.77. The van der Waals surface area contributed by atoms with Gasteiger partial charge in [0.15, 0.2) is 5.72 Å². The van der Waals surface area contributed by atoms with Crippen LogP contribution >= 0.6 is 12.6 Å². The monoisotopic (exact) mass is 466 g/mol. The number of benzene rings is 2. The predicted molar refractivity (Wildman–Crippen MR) is 145 cm³/mol. The molecule has 1 atom stereocenters. The molecule has 0 aliphatic carbocycles. The van der Waals surface area contributed by atoms with Crippen LogP contribution in [0.2, 0.25) is 0 Å². The van der Waals surface area contributed by atoms with Crippen molar-refractivity contribution in [2.75, 3.05) is 69.5 Å². The van der Waals surface area contributed by atoms with Crippen molar-refractivity contribution in [2.24, 2.45) is 0 Å². The fourth-order valence-electron chi connectivity index (χ4n) is 5.43. The number of para-hydroxylation sites is 1. The zero-order chi connectivity index (χ0) is 23.7. The first kappa shape index (κ1) is 24.2. The second kappa shape index (κ2) is 9.36. The Bertz CT molecular complexity index is 985. The lowest BCUT2D eigenvalue weighted by Gasteiger charge is -2.39. The van der Waals surface area contributed by atoms with Crippen LogP contribution in [0.5, 0.6) is 0 Å². The highest BCUT2D eigenvalue weighted by molar-refractivity contribution is 7.80. The molecule has 2 aliphatic rings. The maximum absolute atomic E-state index is 6.46. The van der Waals surface area contributed by atoms with Gasteiger partial charge in [0.1, 0.15) is 0 Å². The van der Waals surface area contributed by atoms with Crippen molar-refractivity contribution in [3.8, 4) is 0 Å². The highest BCUT2D eigenvalue weighted by atomic mass is 32.1. The quantitative estimate of drug-likeness (QED) is 0.411. The van der Waals surface area contributed by atoms with Gasteiger partial charge in [-0.1, -0.05) is 50.3 Å². The van der Waals surface area contributed by atoms with Gasteiger partial charge in [0.2, 0.25) is 0 Å². The molecule has 1 unspecified atom stereocenters. The molecule has 0 bridgehead atoms. The van der Waals surface area contributed by atoms with Crippen molar-refractivity contribution >= 4 is 30.1 Å². The third-order valence-corrected chi connectivity index (χ3v) is 7.80. The summed E-state index contributed by atoms with van der Waals surface area (Å²) in [6.45, 7) is 9.63. The number of quaternary nitrogens is 1. The Morgan fingerprint density at radius 1 is 1.09 bits per heavy atom. The van der Waals surface area contributed by atoms with Crippen molar-refractivity contribution in [3.63, 3.8) is 0 Å². The molecule has 1 fully saturated rings. The molecule has 33 heavy (non-hydrogen) atoms. The summed E-state index contributed by atoms with van der Waals surface area (Å²) < 4.78 is 7.49. The number of hydrogen-bond donors (Lipinski definition) is 1. The van der Waals surface area contributed by atoms with Crippen molar-refractivity contribution < 1.29 is 9.22 Å². The van der Waals surface area contributed by atoms with Crippen molar-refractivity contribution in [3.05, 3.63) is 65.7 Å². The van der Waals surface area contributed by atoms with E-state index < -0.39 is 5.72 Å². The molecule has 5 heteroatoms. The number of ether oxygens (including phenoxy) is 1. The van der Waals surface area contributed by atoms with Crippen LogP contribution in [0.1, 0.15) is 31.4 Å². The maximum atomic E-state index is 6.46. The number of hydrogen-bond acceptors (Lipinski definition) is 4. The van der Waals surface area contributed by atoms with E-state index in [1.54, 1.807) is 0 Å². The minimum atomic E-state index is -0.426. The zero-order valence-electron chi connectivity index (χ0n) is 20.9. The van der Waals surface area contributed by atoms with Gasteiger partial charge in [-0.15, -0.1) is 0 Å². The molecular formula is C28H40N3OS+. The van der Waals surface area contributed by atoms with Gasteiger partial charge in [0.25, 0.3) is 0 Å². The Balaban J connectivity index is 1.44. The van der Waals surface area contributed by atoms with E-state index in [2.05, 4.69) is 118 Å². The highest BCUT2D eigenvalue weighted by Gasteiger charge is 2.58. The van der Waals surface area contributed by atoms with Crippen LogP contribution in [0, 0.1) is 0 Å². The first-order chi connectivity index (χ1) is 15.7. The maximum Gasteiger partial charge on any atom is 0.170 e. The Morgan fingerprint density at radius 2 is 1.82 bits per heavy atom. The first-order valence-electron chi connectivity index (χ1n) is 12.1.